The number of aryl methyl sites for hydroxylation is 1. The maximum absolute atomic E-state index is 11.1. The number of carbonyl (C=O) groups is 1. The largest absolute Gasteiger partial charge is 0.454 e. The molecule has 0 saturated heterocycles. The molecule has 0 atom stereocenters. The second kappa shape index (κ2) is 4.17. The van der Waals surface area contributed by atoms with Gasteiger partial charge in [0.2, 0.25) is 0 Å². The number of primary amides is 1. The van der Waals surface area contributed by atoms with Gasteiger partial charge in [0.1, 0.15) is 5.75 Å². The topological polar surface area (TPSA) is 96.2 Å². The van der Waals surface area contributed by atoms with Crippen molar-refractivity contribution in [2.24, 2.45) is 12.8 Å². The molecule has 0 bridgehead atoms. The Hall–Kier alpha value is -2.50. The number of ether oxygens (including phenoxy) is 1. The monoisotopic (exact) mass is 232 g/mol. The van der Waals surface area contributed by atoms with E-state index in [1.54, 1.807) is 36.3 Å². The lowest BCUT2D eigenvalue weighted by Gasteiger charge is -2.06. The molecule has 1 aromatic heterocycles. The van der Waals surface area contributed by atoms with E-state index in [1.807, 2.05) is 0 Å². The zero-order chi connectivity index (χ0) is 12.4. The predicted molar refractivity (Wildman–Crippen MR) is 62.7 cm³/mol. The van der Waals surface area contributed by atoms with Crippen LogP contribution in [0.4, 0.5) is 5.69 Å². The maximum Gasteiger partial charge on any atom is 0.250 e. The molecule has 1 heterocycles. The van der Waals surface area contributed by atoms with Crippen molar-refractivity contribution in [3.8, 4) is 11.5 Å². The van der Waals surface area contributed by atoms with Crippen LogP contribution in [-0.4, -0.2) is 15.7 Å². The van der Waals surface area contributed by atoms with Gasteiger partial charge >= 0.3 is 0 Å². The van der Waals surface area contributed by atoms with E-state index in [0.29, 0.717) is 17.2 Å². The van der Waals surface area contributed by atoms with Crippen LogP contribution in [0, 0.1) is 0 Å². The maximum atomic E-state index is 11.1. The van der Waals surface area contributed by atoms with E-state index in [4.69, 9.17) is 16.2 Å². The van der Waals surface area contributed by atoms with Gasteiger partial charge in [-0.25, -0.2) is 0 Å². The van der Waals surface area contributed by atoms with Crippen LogP contribution in [0.2, 0.25) is 0 Å². The molecule has 6 heteroatoms. The van der Waals surface area contributed by atoms with Crippen LogP contribution >= 0.6 is 0 Å². The number of hydrogen-bond acceptors (Lipinski definition) is 4. The van der Waals surface area contributed by atoms with Crippen LogP contribution in [0.15, 0.2) is 30.6 Å². The lowest BCUT2D eigenvalue weighted by Crippen LogP contribution is -2.13. The van der Waals surface area contributed by atoms with Gasteiger partial charge in [0.05, 0.1) is 18.0 Å². The molecule has 0 unspecified atom stereocenters. The number of rotatable bonds is 3. The summed E-state index contributed by atoms with van der Waals surface area (Å²) in [6.45, 7) is 0. The molecule has 0 saturated carbocycles. The van der Waals surface area contributed by atoms with E-state index in [9.17, 15) is 4.79 Å². The highest BCUT2D eigenvalue weighted by molar-refractivity contribution is 5.98. The predicted octanol–water partition coefficient (Wildman–Crippen LogP) is 0.894. The molecule has 0 aliphatic rings. The molecular weight excluding hydrogens is 220 g/mol. The molecule has 0 spiro atoms. The summed E-state index contributed by atoms with van der Waals surface area (Å²) in [5.41, 5.74) is 11.4. The summed E-state index contributed by atoms with van der Waals surface area (Å²) in [5, 5.41) is 3.96. The highest BCUT2D eigenvalue weighted by Gasteiger charge is 2.08. The van der Waals surface area contributed by atoms with Crippen molar-refractivity contribution >= 4 is 11.6 Å². The third kappa shape index (κ3) is 2.36. The van der Waals surface area contributed by atoms with Gasteiger partial charge in [0.15, 0.2) is 5.75 Å². The number of aromatic nitrogens is 2. The number of nitrogens with two attached hydrogens (primary N) is 2. The Bertz CT molecular complexity index is 562. The number of nitrogens with zero attached hydrogens (tertiary/aromatic N) is 2. The Balaban J connectivity index is 2.28. The van der Waals surface area contributed by atoms with E-state index >= 15 is 0 Å². The molecule has 1 amide bonds. The summed E-state index contributed by atoms with van der Waals surface area (Å²) >= 11 is 0. The van der Waals surface area contributed by atoms with Gasteiger partial charge in [-0.1, -0.05) is 0 Å². The van der Waals surface area contributed by atoms with Gasteiger partial charge in [-0.2, -0.15) is 5.10 Å². The van der Waals surface area contributed by atoms with Gasteiger partial charge < -0.3 is 16.2 Å². The van der Waals surface area contributed by atoms with Crippen molar-refractivity contribution in [2.45, 2.75) is 0 Å². The molecule has 0 fully saturated rings. The van der Waals surface area contributed by atoms with E-state index < -0.39 is 5.91 Å². The second-order valence-electron chi connectivity index (χ2n) is 3.57. The number of benzene rings is 1. The quantitative estimate of drug-likeness (QED) is 0.768. The fourth-order valence-corrected chi connectivity index (χ4v) is 1.40. The second-order valence-corrected chi connectivity index (χ2v) is 3.57. The third-order valence-electron chi connectivity index (χ3n) is 2.21. The van der Waals surface area contributed by atoms with Crippen LogP contribution in [-0.2, 0) is 7.05 Å². The standard InChI is InChI=1S/C11H12N4O2/c1-15-6-8(5-14-15)17-7-2-3-10(12)9(4-7)11(13)16/h2-6H,12H2,1H3,(H2,13,16). The van der Waals surface area contributed by atoms with Crippen molar-refractivity contribution in [3.05, 3.63) is 36.2 Å². The molecule has 1 aromatic carbocycles. The summed E-state index contributed by atoms with van der Waals surface area (Å²) < 4.78 is 7.11. The molecule has 2 rings (SSSR count). The molecule has 17 heavy (non-hydrogen) atoms. The molecule has 0 aliphatic carbocycles. The summed E-state index contributed by atoms with van der Waals surface area (Å²) in [7, 11) is 1.78. The van der Waals surface area contributed by atoms with E-state index in [0.717, 1.165) is 0 Å². The molecule has 6 nitrogen and oxygen atoms in total. The lowest BCUT2D eigenvalue weighted by atomic mass is 10.1. The minimum atomic E-state index is -0.584. The SMILES string of the molecule is Cn1cc(Oc2ccc(N)c(C(N)=O)c2)cn1. The fraction of sp³-hybridized carbons (Fsp3) is 0.0909. The first kappa shape index (κ1) is 11.0. The number of anilines is 1. The van der Waals surface area contributed by atoms with Crippen LogP contribution in [0.5, 0.6) is 11.5 Å². The van der Waals surface area contributed by atoms with Crippen molar-refractivity contribution < 1.29 is 9.53 Å². The molecule has 0 radical (unpaired) electrons. The van der Waals surface area contributed by atoms with Crippen LogP contribution in [0.1, 0.15) is 10.4 Å². The van der Waals surface area contributed by atoms with Crippen LogP contribution in [0.25, 0.3) is 0 Å². The van der Waals surface area contributed by atoms with Crippen LogP contribution < -0.4 is 16.2 Å². The van der Waals surface area contributed by atoms with Gasteiger partial charge in [0, 0.05) is 12.7 Å². The lowest BCUT2D eigenvalue weighted by molar-refractivity contribution is 0.100. The summed E-state index contributed by atoms with van der Waals surface area (Å²) in [6.07, 6.45) is 3.28. The van der Waals surface area contributed by atoms with Gasteiger partial charge in [0.25, 0.3) is 5.91 Å². The normalized spacial score (nSPS) is 10.2. The van der Waals surface area contributed by atoms with Crippen molar-refractivity contribution in [3.63, 3.8) is 0 Å². The average molecular weight is 232 g/mol. The molecule has 4 N–H and O–H groups in total. The van der Waals surface area contributed by atoms with E-state index in [-0.39, 0.29) is 5.56 Å². The number of carbonyl (C=O) groups excluding carboxylic acids is 1. The number of nitrogen functional groups attached to an aromatic ring is 1. The minimum Gasteiger partial charge on any atom is -0.454 e. The first-order valence-electron chi connectivity index (χ1n) is 4.92. The Labute approximate surface area is 97.8 Å². The Morgan fingerprint density at radius 3 is 2.76 bits per heavy atom. The molecule has 88 valence electrons. The van der Waals surface area contributed by atoms with Gasteiger partial charge in [-0.05, 0) is 18.2 Å². The third-order valence-corrected chi connectivity index (χ3v) is 2.21. The molecule has 0 aliphatic heterocycles. The first-order valence-corrected chi connectivity index (χ1v) is 4.92. The van der Waals surface area contributed by atoms with Crippen molar-refractivity contribution in [2.75, 3.05) is 5.73 Å². The summed E-state index contributed by atoms with van der Waals surface area (Å²) in [4.78, 5) is 11.1. The van der Waals surface area contributed by atoms with E-state index in [2.05, 4.69) is 5.10 Å². The highest BCUT2D eigenvalue weighted by Crippen LogP contribution is 2.24. The Kier molecular flexibility index (Phi) is 2.70. The number of amides is 1. The van der Waals surface area contributed by atoms with Crippen LogP contribution in [0.3, 0.4) is 0 Å². The molecular formula is C11H12N4O2. The molecule has 2 aromatic rings. The van der Waals surface area contributed by atoms with Crippen molar-refractivity contribution in [1.82, 2.24) is 9.78 Å². The Morgan fingerprint density at radius 2 is 2.18 bits per heavy atom. The zero-order valence-corrected chi connectivity index (χ0v) is 9.25. The average Bonchev–Trinajstić information content (AvgIpc) is 2.66. The fourth-order valence-electron chi connectivity index (χ4n) is 1.40. The first-order chi connectivity index (χ1) is 8.06. The summed E-state index contributed by atoms with van der Waals surface area (Å²) in [5.74, 6) is 0.479. The van der Waals surface area contributed by atoms with E-state index in [1.165, 1.54) is 6.07 Å². The summed E-state index contributed by atoms with van der Waals surface area (Å²) in [6, 6.07) is 4.74. The van der Waals surface area contributed by atoms with Gasteiger partial charge in [-0.3, -0.25) is 9.48 Å². The number of hydrogen-bond donors (Lipinski definition) is 2. The van der Waals surface area contributed by atoms with Crippen molar-refractivity contribution in [1.29, 1.82) is 0 Å². The Morgan fingerprint density at radius 1 is 1.41 bits per heavy atom. The highest BCUT2D eigenvalue weighted by atomic mass is 16.5. The minimum absolute atomic E-state index is 0.242. The smallest absolute Gasteiger partial charge is 0.250 e. The van der Waals surface area contributed by atoms with Gasteiger partial charge in [-0.15, -0.1) is 0 Å². The zero-order valence-electron chi connectivity index (χ0n) is 9.25.